The molecule has 14 heteroatoms. The summed E-state index contributed by atoms with van der Waals surface area (Å²) in [6, 6.07) is 1.85. The molecule has 2 aromatic rings. The van der Waals surface area contributed by atoms with Crippen molar-refractivity contribution in [2.45, 2.75) is 31.2 Å². The predicted octanol–water partition coefficient (Wildman–Crippen LogP) is 7.74. The van der Waals surface area contributed by atoms with Crippen molar-refractivity contribution in [1.82, 2.24) is 10.6 Å². The van der Waals surface area contributed by atoms with Gasteiger partial charge in [0.1, 0.15) is 17.8 Å². The fourth-order valence-electron chi connectivity index (χ4n) is 3.17. The number of alkyl halides is 6. The third-order valence-corrected chi connectivity index (χ3v) is 6.23. The van der Waals surface area contributed by atoms with E-state index < -0.39 is 64.2 Å². The molecule has 0 bridgehead atoms. The van der Waals surface area contributed by atoms with Crippen LogP contribution in [0.3, 0.4) is 0 Å². The van der Waals surface area contributed by atoms with Crippen LogP contribution in [-0.2, 0) is 11.0 Å². The van der Waals surface area contributed by atoms with Gasteiger partial charge in [-0.05, 0) is 42.8 Å². The summed E-state index contributed by atoms with van der Waals surface area (Å²) in [6.45, 7) is 4.64. The smallest absolute Gasteiger partial charge is 0.351 e. The minimum Gasteiger partial charge on any atom is -0.351 e. The molecule has 0 fully saturated rings. The Balaban J connectivity index is 2.50. The number of benzene rings is 2. The molecule has 0 saturated heterocycles. The fraction of sp³-hybridized carbons (Fsp3) is 0.250. The van der Waals surface area contributed by atoms with Gasteiger partial charge in [0.25, 0.3) is 5.91 Å². The quantitative estimate of drug-likeness (QED) is 0.184. The molecule has 2 N–H and O–H groups in total. The van der Waals surface area contributed by atoms with E-state index in [0.717, 1.165) is 12.1 Å². The zero-order chi connectivity index (χ0) is 29.0. The maximum absolute atomic E-state index is 15.0. The molecule has 206 valence electrons. The van der Waals surface area contributed by atoms with E-state index in [0.29, 0.717) is 12.1 Å². The first-order chi connectivity index (χ1) is 17.5. The maximum Gasteiger partial charge on any atom is 0.417 e. The largest absolute Gasteiger partial charge is 0.417 e. The van der Waals surface area contributed by atoms with Gasteiger partial charge in [0, 0.05) is 12.1 Å². The van der Waals surface area contributed by atoms with E-state index in [1.807, 2.05) is 0 Å². The molecule has 2 atom stereocenters. The summed E-state index contributed by atoms with van der Waals surface area (Å²) < 4.78 is 97.4. The molecule has 0 aliphatic rings. The number of hydrogen-bond acceptors (Lipinski definition) is 2. The van der Waals surface area contributed by atoms with Gasteiger partial charge in [0.2, 0.25) is 5.91 Å². The van der Waals surface area contributed by atoms with Crippen molar-refractivity contribution in [3.8, 4) is 0 Å². The first-order valence-electron chi connectivity index (χ1n) is 10.5. The second-order valence-electron chi connectivity index (χ2n) is 7.82. The highest BCUT2D eigenvalue weighted by Crippen LogP contribution is 2.42. The summed E-state index contributed by atoms with van der Waals surface area (Å²) in [7, 11) is 0. The number of hydrogen-bond donors (Lipinski definition) is 2. The van der Waals surface area contributed by atoms with Gasteiger partial charge in [-0.2, -0.15) is 26.3 Å². The Bertz CT molecular complexity index is 1240. The van der Waals surface area contributed by atoms with Crippen LogP contribution in [0, 0.1) is 0 Å². The Morgan fingerprint density at radius 2 is 1.61 bits per heavy atom. The number of carbonyl (C=O) groups is 2. The molecule has 0 aliphatic carbocycles. The number of allylic oxidation sites excluding steroid dienone is 1. The minimum atomic E-state index is -5.20. The Morgan fingerprint density at radius 1 is 1.03 bits per heavy atom. The zero-order valence-corrected chi connectivity index (χ0v) is 21.5. The van der Waals surface area contributed by atoms with Gasteiger partial charge in [-0.25, -0.2) is 4.39 Å². The molecule has 0 aliphatic heterocycles. The van der Waals surface area contributed by atoms with Crippen LogP contribution in [0.5, 0.6) is 0 Å². The van der Waals surface area contributed by atoms with E-state index in [1.165, 1.54) is 13.0 Å². The molecule has 38 heavy (non-hydrogen) atoms. The number of carbonyl (C=O) groups excluding carboxylic acids is 2. The van der Waals surface area contributed by atoms with Crippen LogP contribution in [0.2, 0.25) is 15.1 Å². The highest BCUT2D eigenvalue weighted by atomic mass is 35.5. The van der Waals surface area contributed by atoms with Gasteiger partial charge in [-0.3, -0.25) is 9.59 Å². The highest BCUT2D eigenvalue weighted by molar-refractivity contribution is 6.48. The van der Waals surface area contributed by atoms with E-state index in [4.69, 9.17) is 34.8 Å². The van der Waals surface area contributed by atoms with E-state index in [9.17, 15) is 40.3 Å². The van der Waals surface area contributed by atoms with Gasteiger partial charge in [-0.1, -0.05) is 46.9 Å². The van der Waals surface area contributed by atoms with Gasteiger partial charge >= 0.3 is 12.4 Å². The van der Waals surface area contributed by atoms with Crippen molar-refractivity contribution in [2.75, 3.05) is 6.54 Å². The van der Waals surface area contributed by atoms with Crippen LogP contribution >= 0.6 is 34.8 Å². The number of nitrogens with one attached hydrogen (secondary N) is 2. The molecule has 1 unspecified atom stereocenters. The maximum atomic E-state index is 15.0. The average Bonchev–Trinajstić information content (AvgIpc) is 2.82. The lowest BCUT2D eigenvalue weighted by Crippen LogP contribution is -2.45. The van der Waals surface area contributed by atoms with Crippen molar-refractivity contribution >= 4 is 52.4 Å². The first-order valence-corrected chi connectivity index (χ1v) is 11.6. The van der Waals surface area contributed by atoms with Crippen molar-refractivity contribution in [3.05, 3.63) is 86.4 Å². The first kappa shape index (κ1) is 31.5. The monoisotopic (exact) mass is 604 g/mol. The van der Waals surface area contributed by atoms with Crippen LogP contribution in [0.4, 0.5) is 30.7 Å². The predicted molar refractivity (Wildman–Crippen MR) is 131 cm³/mol. The van der Waals surface area contributed by atoms with E-state index in [2.05, 4.69) is 17.2 Å². The number of rotatable bonds is 8. The molecule has 4 nitrogen and oxygen atoms in total. The Labute approximate surface area is 227 Å². The molecular formula is C24H18Cl3F7N2O2. The zero-order valence-electron chi connectivity index (χ0n) is 19.2. The van der Waals surface area contributed by atoms with Crippen LogP contribution in [0.25, 0.3) is 5.83 Å². The topological polar surface area (TPSA) is 58.2 Å². The molecule has 2 aromatic carbocycles. The fourth-order valence-corrected chi connectivity index (χ4v) is 3.78. The average molecular weight is 606 g/mol. The van der Waals surface area contributed by atoms with Crippen LogP contribution in [0.15, 0.2) is 49.1 Å². The standard InChI is InChI=1S/C24H18Cl3F7N2O2/c1-3-6-35-21(37)11(2)36-22(38)14-5-4-12(7-16(14)24(32,33)34)19(28)10-15(23(29,30)31)13-8-17(25)20(27)18(26)9-13/h3-5,7-11,15H,1,6H2,2H3,(H,35,37)(H,36,38)/b19-10-/t11-,15?/m1/s1. The Hall–Kier alpha value is -2.76. The third-order valence-electron chi connectivity index (χ3n) is 5.04. The summed E-state index contributed by atoms with van der Waals surface area (Å²) in [5, 5.41) is 3.49. The van der Waals surface area contributed by atoms with Gasteiger partial charge in [0.15, 0.2) is 0 Å². The molecule has 0 heterocycles. The molecule has 2 amide bonds. The summed E-state index contributed by atoms with van der Waals surface area (Å²) in [5.74, 6) is -6.34. The minimum absolute atomic E-state index is 0.0422. The van der Waals surface area contributed by atoms with E-state index in [-0.39, 0.29) is 33.8 Å². The van der Waals surface area contributed by atoms with Crippen molar-refractivity contribution in [2.24, 2.45) is 0 Å². The Morgan fingerprint density at radius 3 is 2.11 bits per heavy atom. The lowest BCUT2D eigenvalue weighted by molar-refractivity contribution is -0.140. The summed E-state index contributed by atoms with van der Waals surface area (Å²) in [4.78, 5) is 24.4. The van der Waals surface area contributed by atoms with E-state index >= 15 is 0 Å². The molecule has 0 spiro atoms. The lowest BCUT2D eigenvalue weighted by atomic mass is 9.95. The molecular weight excluding hydrogens is 588 g/mol. The summed E-state index contributed by atoms with van der Waals surface area (Å²) >= 11 is 17.3. The molecule has 0 radical (unpaired) electrons. The highest BCUT2D eigenvalue weighted by Gasteiger charge is 2.41. The SMILES string of the molecule is C=CCNC(=O)[C@@H](C)NC(=O)c1ccc(/C(F)=C/C(c2cc(Cl)c(Cl)c(Cl)c2)C(F)(F)F)cc1C(F)(F)F. The van der Waals surface area contributed by atoms with Crippen molar-refractivity contribution < 1.29 is 40.3 Å². The van der Waals surface area contributed by atoms with Crippen LogP contribution in [-0.4, -0.2) is 30.6 Å². The second kappa shape index (κ2) is 12.4. The number of amides is 2. The van der Waals surface area contributed by atoms with Crippen molar-refractivity contribution in [3.63, 3.8) is 0 Å². The molecule has 2 rings (SSSR count). The third kappa shape index (κ3) is 7.87. The van der Waals surface area contributed by atoms with Gasteiger partial charge < -0.3 is 10.6 Å². The van der Waals surface area contributed by atoms with Crippen LogP contribution < -0.4 is 10.6 Å². The van der Waals surface area contributed by atoms with Gasteiger partial charge in [0.05, 0.1) is 26.2 Å². The number of halogens is 10. The van der Waals surface area contributed by atoms with Gasteiger partial charge in [-0.15, -0.1) is 6.58 Å². The van der Waals surface area contributed by atoms with Crippen LogP contribution in [0.1, 0.15) is 39.9 Å². The Kier molecular flexibility index (Phi) is 10.3. The summed E-state index contributed by atoms with van der Waals surface area (Å²) in [6.07, 6.45) is -8.89. The molecule has 0 aromatic heterocycles. The summed E-state index contributed by atoms with van der Waals surface area (Å²) in [5.41, 5.74) is -4.09. The van der Waals surface area contributed by atoms with Crippen molar-refractivity contribution in [1.29, 1.82) is 0 Å². The second-order valence-corrected chi connectivity index (χ2v) is 9.01. The van der Waals surface area contributed by atoms with E-state index in [1.54, 1.807) is 0 Å². The molecule has 0 saturated carbocycles. The lowest BCUT2D eigenvalue weighted by Gasteiger charge is -2.19. The normalized spacial score (nSPS) is 14.0.